The summed E-state index contributed by atoms with van der Waals surface area (Å²) in [6.07, 6.45) is 5.68. The van der Waals surface area contributed by atoms with Gasteiger partial charge in [-0.1, -0.05) is 13.3 Å². The molecule has 0 spiro atoms. The molecule has 2 atom stereocenters. The highest BCUT2D eigenvalue weighted by Crippen LogP contribution is 2.24. The Hall–Kier alpha value is -0.0800. The van der Waals surface area contributed by atoms with Gasteiger partial charge in [0, 0.05) is 12.6 Å². The SMILES string of the molecule is CCN1CCC(C2CCCCN2)C1. The van der Waals surface area contributed by atoms with Crippen molar-refractivity contribution in [3.8, 4) is 0 Å². The number of hydrogen-bond donors (Lipinski definition) is 1. The lowest BCUT2D eigenvalue weighted by Gasteiger charge is -2.28. The predicted octanol–water partition coefficient (Wildman–Crippen LogP) is 1.47. The lowest BCUT2D eigenvalue weighted by atomic mass is 9.91. The Balaban J connectivity index is 1.80. The summed E-state index contributed by atoms with van der Waals surface area (Å²) >= 11 is 0. The van der Waals surface area contributed by atoms with Gasteiger partial charge in [0.2, 0.25) is 0 Å². The summed E-state index contributed by atoms with van der Waals surface area (Å²) in [5.41, 5.74) is 0. The van der Waals surface area contributed by atoms with Crippen LogP contribution >= 0.6 is 0 Å². The van der Waals surface area contributed by atoms with E-state index in [4.69, 9.17) is 0 Å². The van der Waals surface area contributed by atoms with Crippen LogP contribution < -0.4 is 5.32 Å². The minimum atomic E-state index is 0.838. The van der Waals surface area contributed by atoms with Crippen molar-refractivity contribution in [3.63, 3.8) is 0 Å². The quantitative estimate of drug-likeness (QED) is 0.695. The maximum Gasteiger partial charge on any atom is 0.0108 e. The van der Waals surface area contributed by atoms with Gasteiger partial charge in [-0.2, -0.15) is 0 Å². The number of hydrogen-bond acceptors (Lipinski definition) is 2. The van der Waals surface area contributed by atoms with Crippen molar-refractivity contribution in [3.05, 3.63) is 0 Å². The van der Waals surface area contributed by atoms with E-state index in [0.717, 1.165) is 12.0 Å². The second-order valence-electron chi connectivity index (χ2n) is 4.50. The third-order valence-corrected chi connectivity index (χ3v) is 3.67. The zero-order chi connectivity index (χ0) is 9.10. The zero-order valence-electron chi connectivity index (χ0n) is 8.76. The molecule has 2 aliphatic heterocycles. The fourth-order valence-corrected chi connectivity index (χ4v) is 2.76. The molecule has 0 amide bonds. The second kappa shape index (κ2) is 4.43. The normalized spacial score (nSPS) is 36.7. The van der Waals surface area contributed by atoms with Crippen molar-refractivity contribution in [2.45, 2.75) is 38.6 Å². The first kappa shape index (κ1) is 9.47. The van der Waals surface area contributed by atoms with Crippen molar-refractivity contribution in [1.82, 2.24) is 10.2 Å². The van der Waals surface area contributed by atoms with Gasteiger partial charge in [0.25, 0.3) is 0 Å². The molecule has 0 aromatic carbocycles. The van der Waals surface area contributed by atoms with Gasteiger partial charge in [-0.25, -0.2) is 0 Å². The summed E-state index contributed by atoms with van der Waals surface area (Å²) in [7, 11) is 0. The van der Waals surface area contributed by atoms with Crippen LogP contribution in [0.4, 0.5) is 0 Å². The molecule has 2 unspecified atom stereocenters. The smallest absolute Gasteiger partial charge is 0.0108 e. The van der Waals surface area contributed by atoms with Crippen LogP contribution in [0.2, 0.25) is 0 Å². The van der Waals surface area contributed by atoms with E-state index < -0.39 is 0 Å². The van der Waals surface area contributed by atoms with E-state index >= 15 is 0 Å². The monoisotopic (exact) mass is 182 g/mol. The van der Waals surface area contributed by atoms with Crippen molar-refractivity contribution in [2.75, 3.05) is 26.2 Å². The molecule has 2 heterocycles. The van der Waals surface area contributed by atoms with Crippen molar-refractivity contribution in [1.29, 1.82) is 0 Å². The van der Waals surface area contributed by atoms with Gasteiger partial charge < -0.3 is 10.2 Å². The van der Waals surface area contributed by atoms with Crippen LogP contribution in [0.15, 0.2) is 0 Å². The fraction of sp³-hybridized carbons (Fsp3) is 1.00. The fourth-order valence-electron chi connectivity index (χ4n) is 2.76. The van der Waals surface area contributed by atoms with E-state index in [-0.39, 0.29) is 0 Å². The van der Waals surface area contributed by atoms with Gasteiger partial charge in [0.05, 0.1) is 0 Å². The molecule has 0 saturated carbocycles. The third kappa shape index (κ3) is 2.23. The lowest BCUT2D eigenvalue weighted by Crippen LogP contribution is -2.41. The van der Waals surface area contributed by atoms with Gasteiger partial charge >= 0.3 is 0 Å². The van der Waals surface area contributed by atoms with Crippen molar-refractivity contribution in [2.24, 2.45) is 5.92 Å². The van der Waals surface area contributed by atoms with Crippen LogP contribution in [-0.4, -0.2) is 37.1 Å². The molecular weight excluding hydrogens is 160 g/mol. The Labute approximate surface area is 81.7 Å². The second-order valence-corrected chi connectivity index (χ2v) is 4.50. The molecule has 0 bridgehead atoms. The molecule has 2 fully saturated rings. The highest BCUT2D eigenvalue weighted by atomic mass is 15.1. The van der Waals surface area contributed by atoms with Crippen LogP contribution in [0.1, 0.15) is 32.6 Å². The molecule has 13 heavy (non-hydrogen) atoms. The van der Waals surface area contributed by atoms with Gasteiger partial charge in [0.1, 0.15) is 0 Å². The minimum absolute atomic E-state index is 0.838. The molecule has 0 aromatic rings. The summed E-state index contributed by atoms with van der Waals surface area (Å²) in [4.78, 5) is 2.58. The lowest BCUT2D eigenvalue weighted by molar-refractivity contribution is 0.277. The first-order valence-corrected chi connectivity index (χ1v) is 5.86. The summed E-state index contributed by atoms with van der Waals surface area (Å²) in [5.74, 6) is 0.945. The molecule has 2 rings (SSSR count). The Kier molecular flexibility index (Phi) is 3.23. The standard InChI is InChI=1S/C11H22N2/c1-2-13-8-6-10(9-13)11-5-3-4-7-12-11/h10-12H,2-9H2,1H3. The molecule has 2 saturated heterocycles. The van der Waals surface area contributed by atoms with E-state index in [2.05, 4.69) is 17.1 Å². The first-order chi connectivity index (χ1) is 6.40. The van der Waals surface area contributed by atoms with Crippen LogP contribution in [-0.2, 0) is 0 Å². The molecule has 0 radical (unpaired) electrons. The predicted molar refractivity (Wildman–Crippen MR) is 55.9 cm³/mol. The van der Waals surface area contributed by atoms with E-state index in [0.29, 0.717) is 0 Å². The number of rotatable bonds is 2. The van der Waals surface area contributed by atoms with Crippen LogP contribution in [0.25, 0.3) is 0 Å². The molecule has 0 aromatic heterocycles. The van der Waals surface area contributed by atoms with Gasteiger partial charge in [-0.05, 0) is 44.8 Å². The molecule has 2 aliphatic rings. The maximum atomic E-state index is 3.68. The average Bonchev–Trinajstić information content (AvgIpc) is 2.67. The molecule has 76 valence electrons. The van der Waals surface area contributed by atoms with Crippen LogP contribution in [0, 0.1) is 5.92 Å². The molecule has 2 heteroatoms. The van der Waals surface area contributed by atoms with Crippen LogP contribution in [0.3, 0.4) is 0 Å². The third-order valence-electron chi connectivity index (χ3n) is 3.67. The Morgan fingerprint density at radius 3 is 2.85 bits per heavy atom. The highest BCUT2D eigenvalue weighted by molar-refractivity contribution is 4.86. The summed E-state index contributed by atoms with van der Waals surface area (Å²) in [5, 5.41) is 3.68. The summed E-state index contributed by atoms with van der Waals surface area (Å²) < 4.78 is 0. The minimum Gasteiger partial charge on any atom is -0.314 e. The molecule has 0 aliphatic carbocycles. The first-order valence-electron chi connectivity index (χ1n) is 5.86. The Morgan fingerprint density at radius 1 is 1.31 bits per heavy atom. The van der Waals surface area contributed by atoms with Gasteiger partial charge in [-0.3, -0.25) is 0 Å². The maximum absolute atomic E-state index is 3.68. The van der Waals surface area contributed by atoms with E-state index in [1.165, 1.54) is 51.9 Å². The van der Waals surface area contributed by atoms with Crippen LogP contribution in [0.5, 0.6) is 0 Å². The Bertz CT molecular complexity index is 152. The van der Waals surface area contributed by atoms with Crippen molar-refractivity contribution < 1.29 is 0 Å². The number of nitrogens with one attached hydrogen (secondary N) is 1. The number of piperidine rings is 1. The van der Waals surface area contributed by atoms with E-state index in [9.17, 15) is 0 Å². The highest BCUT2D eigenvalue weighted by Gasteiger charge is 2.29. The molecule has 2 nitrogen and oxygen atoms in total. The van der Waals surface area contributed by atoms with Crippen molar-refractivity contribution >= 4 is 0 Å². The number of likely N-dealkylation sites (tertiary alicyclic amines) is 1. The number of nitrogens with zero attached hydrogens (tertiary/aromatic N) is 1. The Morgan fingerprint density at radius 2 is 2.23 bits per heavy atom. The van der Waals surface area contributed by atoms with Gasteiger partial charge in [0.15, 0.2) is 0 Å². The summed E-state index contributed by atoms with van der Waals surface area (Å²) in [6, 6.07) is 0.838. The summed E-state index contributed by atoms with van der Waals surface area (Å²) in [6.45, 7) is 7.45. The molecular formula is C11H22N2. The zero-order valence-corrected chi connectivity index (χ0v) is 8.76. The van der Waals surface area contributed by atoms with Gasteiger partial charge in [-0.15, -0.1) is 0 Å². The topological polar surface area (TPSA) is 15.3 Å². The largest absolute Gasteiger partial charge is 0.314 e. The average molecular weight is 182 g/mol. The molecule has 1 N–H and O–H groups in total. The van der Waals surface area contributed by atoms with E-state index in [1.807, 2.05) is 0 Å². The van der Waals surface area contributed by atoms with E-state index in [1.54, 1.807) is 0 Å².